The first-order valence-corrected chi connectivity index (χ1v) is 12.6. The first-order valence-electron chi connectivity index (χ1n) is 12.6. The summed E-state index contributed by atoms with van der Waals surface area (Å²) in [4.78, 5) is 0. The molecule has 0 aromatic heterocycles. The fourth-order valence-electron chi connectivity index (χ4n) is 5.19. The van der Waals surface area contributed by atoms with Crippen molar-refractivity contribution >= 4 is 0 Å². The topological polar surface area (TPSA) is 286 Å². The molecule has 16 heteroatoms. The largest absolute Gasteiger partial charge is 0.394 e. The Morgan fingerprint density at radius 3 is 1.76 bits per heavy atom. The number of hydrogen-bond donors (Lipinski definition) is 11. The maximum Gasteiger partial charge on any atom is 0.176 e. The van der Waals surface area contributed by atoms with Gasteiger partial charge in [0.05, 0.1) is 37.9 Å². The zero-order chi connectivity index (χ0) is 28.5. The van der Waals surface area contributed by atoms with Gasteiger partial charge in [0.1, 0.15) is 54.4 Å². The molecule has 3 aliphatic rings. The molecule has 0 bridgehead atoms. The molecule has 15 atom stereocenters. The highest BCUT2D eigenvalue weighted by atomic mass is 16.7. The summed E-state index contributed by atoms with van der Waals surface area (Å²) in [5.74, 6) is -0.0600. The van der Waals surface area contributed by atoms with Crippen LogP contribution in [0.1, 0.15) is 20.3 Å². The van der Waals surface area contributed by atoms with Gasteiger partial charge in [-0.2, -0.15) is 0 Å². The minimum Gasteiger partial charge on any atom is -0.394 e. The van der Waals surface area contributed by atoms with Gasteiger partial charge in [0.25, 0.3) is 0 Å². The zero-order valence-corrected chi connectivity index (χ0v) is 21.3. The number of aliphatic hydroxyl groups excluding tert-OH is 8. The van der Waals surface area contributed by atoms with Crippen molar-refractivity contribution < 1.29 is 64.5 Å². The predicted octanol–water partition coefficient (Wildman–Crippen LogP) is -6.26. The molecule has 0 spiro atoms. The Morgan fingerprint density at radius 1 is 0.737 bits per heavy atom. The molecule has 16 nitrogen and oxygen atoms in total. The maximum absolute atomic E-state index is 11.0. The molecular weight excluding hydrogens is 514 g/mol. The Balaban J connectivity index is 1.77. The second kappa shape index (κ2) is 12.9. The quantitative estimate of drug-likeness (QED) is 0.126. The fraction of sp³-hybridized carbons (Fsp3) is 1.00. The molecule has 0 aliphatic carbocycles. The summed E-state index contributed by atoms with van der Waals surface area (Å²) in [6.07, 6.45) is -15.6. The van der Waals surface area contributed by atoms with Crippen molar-refractivity contribution in [3.63, 3.8) is 0 Å². The third-order valence-electron chi connectivity index (χ3n) is 7.35. The van der Waals surface area contributed by atoms with Crippen LogP contribution in [0.5, 0.6) is 0 Å². The Labute approximate surface area is 219 Å². The van der Waals surface area contributed by atoms with E-state index in [0.29, 0.717) is 0 Å². The number of hydrogen-bond acceptors (Lipinski definition) is 16. The average molecular weight is 558 g/mol. The van der Waals surface area contributed by atoms with E-state index < -0.39 is 111 Å². The van der Waals surface area contributed by atoms with Crippen LogP contribution in [0.4, 0.5) is 0 Å². The first kappa shape index (κ1) is 31.9. The normalized spacial score (nSPS) is 50.4. The standard InChI is InChI=1S/C22H43N3O13/c1-7(2)3-22(6-28)18(32)15(31)12(25)21(38-22)37-17-9(5-27)35-20(11(24)14(17)30)36-16-8(4-26)34-19(33)10(23)13(16)29/h7-21,26-33H,3-6,23-25H2,1-2H3/t8-,9-,10-,11-,12-,13-,14-,15-,16?,17?,18+,19-,20+,21+,22-/m1/s1. The van der Waals surface area contributed by atoms with Gasteiger partial charge in [-0.3, -0.25) is 0 Å². The van der Waals surface area contributed by atoms with Crippen molar-refractivity contribution in [1.29, 1.82) is 0 Å². The molecule has 0 aromatic carbocycles. The molecule has 38 heavy (non-hydrogen) atoms. The summed E-state index contributed by atoms with van der Waals surface area (Å²) in [5, 5.41) is 82.1. The van der Waals surface area contributed by atoms with Crippen molar-refractivity contribution in [2.45, 2.75) is 112 Å². The van der Waals surface area contributed by atoms with Gasteiger partial charge in [-0.1, -0.05) is 13.8 Å². The van der Waals surface area contributed by atoms with E-state index in [-0.39, 0.29) is 12.3 Å². The highest BCUT2D eigenvalue weighted by Gasteiger charge is 2.56. The SMILES string of the molecule is CC(C)C[C@]1(CO)O[C@H](OC2[C@@H](CO)O[C@@H](OC3[C@@H](CO)O[C@@H](O)[C@H](N)[C@H]3O)[C@H](N)[C@H]2O)[C@H](N)[C@@H](O)[C@@H]1O. The summed E-state index contributed by atoms with van der Waals surface area (Å²) in [5.41, 5.74) is 16.3. The lowest BCUT2D eigenvalue weighted by Gasteiger charge is -2.51. The molecule has 14 N–H and O–H groups in total. The molecule has 0 radical (unpaired) electrons. The highest BCUT2D eigenvalue weighted by Crippen LogP contribution is 2.37. The molecule has 0 amide bonds. The van der Waals surface area contributed by atoms with Gasteiger partial charge < -0.3 is 81.7 Å². The molecule has 3 rings (SSSR count). The van der Waals surface area contributed by atoms with Gasteiger partial charge >= 0.3 is 0 Å². The predicted molar refractivity (Wildman–Crippen MR) is 126 cm³/mol. The van der Waals surface area contributed by atoms with Crippen LogP contribution in [0.25, 0.3) is 0 Å². The second-order valence-corrected chi connectivity index (χ2v) is 10.6. The number of nitrogens with two attached hydrogens (primary N) is 3. The Kier molecular flexibility index (Phi) is 10.8. The van der Waals surface area contributed by atoms with Gasteiger partial charge in [-0.05, 0) is 12.3 Å². The van der Waals surface area contributed by atoms with E-state index in [4.69, 9.17) is 40.9 Å². The van der Waals surface area contributed by atoms with Crippen molar-refractivity contribution in [2.75, 3.05) is 19.8 Å². The lowest BCUT2D eigenvalue weighted by molar-refractivity contribution is -0.361. The molecule has 3 fully saturated rings. The molecular formula is C22H43N3O13. The Morgan fingerprint density at radius 2 is 1.24 bits per heavy atom. The van der Waals surface area contributed by atoms with E-state index in [2.05, 4.69) is 0 Å². The molecule has 224 valence electrons. The van der Waals surface area contributed by atoms with Crippen LogP contribution in [0.2, 0.25) is 0 Å². The summed E-state index contributed by atoms with van der Waals surface area (Å²) in [7, 11) is 0. The van der Waals surface area contributed by atoms with Gasteiger partial charge in [0, 0.05) is 0 Å². The van der Waals surface area contributed by atoms with E-state index >= 15 is 0 Å². The maximum atomic E-state index is 11.0. The molecule has 3 heterocycles. The highest BCUT2D eigenvalue weighted by molar-refractivity contribution is 5.03. The van der Waals surface area contributed by atoms with Crippen LogP contribution in [-0.4, -0.2) is 152 Å². The molecule has 0 aromatic rings. The molecule has 3 saturated heterocycles. The summed E-state index contributed by atoms with van der Waals surface area (Å²) in [6, 6.07) is -3.92. The lowest BCUT2D eigenvalue weighted by Crippen LogP contribution is -2.71. The van der Waals surface area contributed by atoms with Crippen molar-refractivity contribution in [3.05, 3.63) is 0 Å². The summed E-state index contributed by atoms with van der Waals surface area (Å²) < 4.78 is 28.3. The molecule has 3 aliphatic heterocycles. The van der Waals surface area contributed by atoms with Crippen LogP contribution in [0, 0.1) is 5.92 Å². The van der Waals surface area contributed by atoms with Crippen LogP contribution in [-0.2, 0) is 23.7 Å². The number of aliphatic hydroxyl groups is 8. The van der Waals surface area contributed by atoms with Gasteiger partial charge in [-0.15, -0.1) is 0 Å². The van der Waals surface area contributed by atoms with Crippen LogP contribution >= 0.6 is 0 Å². The number of rotatable bonds is 9. The van der Waals surface area contributed by atoms with Crippen LogP contribution in [0.3, 0.4) is 0 Å². The zero-order valence-electron chi connectivity index (χ0n) is 21.3. The smallest absolute Gasteiger partial charge is 0.176 e. The van der Waals surface area contributed by atoms with Crippen LogP contribution < -0.4 is 17.2 Å². The second-order valence-electron chi connectivity index (χ2n) is 10.6. The van der Waals surface area contributed by atoms with Crippen LogP contribution in [0.15, 0.2) is 0 Å². The monoisotopic (exact) mass is 557 g/mol. The van der Waals surface area contributed by atoms with Gasteiger partial charge in [0.2, 0.25) is 0 Å². The van der Waals surface area contributed by atoms with E-state index in [1.54, 1.807) is 0 Å². The van der Waals surface area contributed by atoms with E-state index in [0.717, 1.165) is 0 Å². The third-order valence-corrected chi connectivity index (χ3v) is 7.35. The van der Waals surface area contributed by atoms with Gasteiger partial charge in [0.15, 0.2) is 18.9 Å². The van der Waals surface area contributed by atoms with E-state index in [9.17, 15) is 40.9 Å². The number of ether oxygens (including phenoxy) is 5. The van der Waals surface area contributed by atoms with E-state index in [1.165, 1.54) is 0 Å². The van der Waals surface area contributed by atoms with Crippen molar-refractivity contribution in [1.82, 2.24) is 0 Å². The van der Waals surface area contributed by atoms with Gasteiger partial charge in [-0.25, -0.2) is 0 Å². The molecule has 0 saturated carbocycles. The Hall–Kier alpha value is -0.640. The molecule has 2 unspecified atom stereocenters. The fourth-order valence-corrected chi connectivity index (χ4v) is 5.19. The Bertz CT molecular complexity index is 751. The lowest BCUT2D eigenvalue weighted by atomic mass is 9.81. The first-order chi connectivity index (χ1) is 17.8. The summed E-state index contributed by atoms with van der Waals surface area (Å²) >= 11 is 0. The minimum absolute atomic E-state index is 0.0600. The van der Waals surface area contributed by atoms with E-state index in [1.807, 2.05) is 13.8 Å². The average Bonchev–Trinajstić information content (AvgIpc) is 2.89. The third kappa shape index (κ3) is 6.15. The minimum atomic E-state index is -1.61. The van der Waals surface area contributed by atoms with Crippen molar-refractivity contribution in [3.8, 4) is 0 Å². The summed E-state index contributed by atoms with van der Waals surface area (Å²) in [6.45, 7) is 1.64. The van der Waals surface area contributed by atoms with Crippen molar-refractivity contribution in [2.24, 2.45) is 23.1 Å².